The van der Waals surface area contributed by atoms with Crippen LogP contribution in [0.4, 0.5) is 0 Å². The lowest BCUT2D eigenvalue weighted by atomic mass is 9.99. The Balaban J connectivity index is 1.24. The lowest BCUT2D eigenvalue weighted by molar-refractivity contribution is 0.0642. The molecule has 1 N–H and O–H groups in total. The highest BCUT2D eigenvalue weighted by Gasteiger charge is 2.36. The molecule has 0 spiro atoms. The van der Waals surface area contributed by atoms with Gasteiger partial charge >= 0.3 is 0 Å². The number of benzene rings is 3. The molecule has 0 bridgehead atoms. The molecule has 36 heavy (non-hydrogen) atoms. The monoisotopic (exact) mass is 496 g/mol. The fourth-order valence-electron chi connectivity index (χ4n) is 4.83. The van der Waals surface area contributed by atoms with Gasteiger partial charge in [0.25, 0.3) is 17.7 Å². The Hall–Kier alpha value is -4.23. The first kappa shape index (κ1) is 22.2. The molecule has 0 fully saturated rings. The molecule has 4 aromatic rings. The van der Waals surface area contributed by atoms with E-state index >= 15 is 0 Å². The van der Waals surface area contributed by atoms with Gasteiger partial charge in [0, 0.05) is 46.9 Å². The zero-order chi connectivity index (χ0) is 24.8. The van der Waals surface area contributed by atoms with Crippen molar-refractivity contribution < 1.29 is 14.4 Å². The first-order valence-electron chi connectivity index (χ1n) is 11.6. The van der Waals surface area contributed by atoms with Crippen LogP contribution in [0.25, 0.3) is 11.3 Å². The van der Waals surface area contributed by atoms with Gasteiger partial charge in [0.1, 0.15) is 0 Å². The fraction of sp³-hybridized carbons (Fsp3) is 0.143. The molecule has 178 valence electrons. The number of carbonyl (C=O) groups is 3. The largest absolute Gasteiger partial charge is 0.334 e. The molecular weight excluding hydrogens is 476 g/mol. The Labute approximate surface area is 212 Å². The van der Waals surface area contributed by atoms with Gasteiger partial charge in [-0.15, -0.1) is 0 Å². The number of nitrogens with zero attached hydrogens (tertiary/aromatic N) is 3. The summed E-state index contributed by atoms with van der Waals surface area (Å²) in [6, 6.07) is 21.6. The highest BCUT2D eigenvalue weighted by atomic mass is 35.5. The van der Waals surface area contributed by atoms with Gasteiger partial charge in [-0.25, -0.2) is 0 Å². The number of hydrogen-bond donors (Lipinski definition) is 1. The average Bonchev–Trinajstić information content (AvgIpc) is 3.43. The number of rotatable bonds is 4. The number of H-pyrrole nitrogens is 1. The number of nitrogens with one attached hydrogen (secondary N) is 1. The zero-order valence-electron chi connectivity index (χ0n) is 19.2. The predicted molar refractivity (Wildman–Crippen MR) is 135 cm³/mol. The Morgan fingerprint density at radius 3 is 2.47 bits per heavy atom. The first-order chi connectivity index (χ1) is 17.5. The van der Waals surface area contributed by atoms with Crippen molar-refractivity contribution in [3.05, 3.63) is 111 Å². The van der Waals surface area contributed by atoms with Crippen LogP contribution in [0.5, 0.6) is 0 Å². The van der Waals surface area contributed by atoms with Crippen LogP contribution in [0.15, 0.2) is 72.8 Å². The lowest BCUT2D eigenvalue weighted by Gasteiger charge is -2.27. The van der Waals surface area contributed by atoms with E-state index in [-0.39, 0.29) is 29.8 Å². The second-order valence-corrected chi connectivity index (χ2v) is 9.39. The topological polar surface area (TPSA) is 86.4 Å². The van der Waals surface area contributed by atoms with Crippen molar-refractivity contribution in [1.82, 2.24) is 20.0 Å². The summed E-state index contributed by atoms with van der Waals surface area (Å²) in [5.74, 6) is -0.908. The van der Waals surface area contributed by atoms with Crippen molar-refractivity contribution in [2.24, 2.45) is 0 Å². The predicted octanol–water partition coefficient (Wildman–Crippen LogP) is 4.72. The average molecular weight is 497 g/mol. The third kappa shape index (κ3) is 3.78. The third-order valence-electron chi connectivity index (χ3n) is 6.74. The van der Waals surface area contributed by atoms with E-state index in [1.165, 1.54) is 4.90 Å². The Morgan fingerprint density at radius 2 is 1.69 bits per heavy atom. The maximum atomic E-state index is 13.5. The molecule has 2 aliphatic rings. The maximum absolute atomic E-state index is 13.5. The van der Waals surface area contributed by atoms with E-state index < -0.39 is 0 Å². The van der Waals surface area contributed by atoms with Crippen LogP contribution in [0.3, 0.4) is 0 Å². The minimum absolute atomic E-state index is 0.187. The van der Waals surface area contributed by atoms with Crippen LogP contribution in [0.1, 0.15) is 47.9 Å². The number of fused-ring (bicyclic) bond motifs is 2. The number of imide groups is 1. The number of halogens is 1. The molecule has 3 heterocycles. The van der Waals surface area contributed by atoms with Crippen LogP contribution < -0.4 is 0 Å². The number of aromatic nitrogens is 2. The van der Waals surface area contributed by atoms with Crippen molar-refractivity contribution in [3.63, 3.8) is 0 Å². The van der Waals surface area contributed by atoms with Gasteiger partial charge in [-0.1, -0.05) is 54.1 Å². The molecule has 3 amide bonds. The molecule has 3 aromatic carbocycles. The molecule has 1 aromatic heterocycles. The van der Waals surface area contributed by atoms with Gasteiger partial charge in [-0.2, -0.15) is 5.10 Å². The maximum Gasteiger partial charge on any atom is 0.261 e. The van der Waals surface area contributed by atoms with E-state index in [9.17, 15) is 14.4 Å². The van der Waals surface area contributed by atoms with Gasteiger partial charge in [-0.05, 0) is 35.9 Å². The van der Waals surface area contributed by atoms with Gasteiger partial charge in [0.05, 0.1) is 23.4 Å². The molecule has 0 unspecified atom stereocenters. The summed E-state index contributed by atoms with van der Waals surface area (Å²) < 4.78 is 0. The van der Waals surface area contributed by atoms with E-state index in [0.717, 1.165) is 28.1 Å². The summed E-state index contributed by atoms with van der Waals surface area (Å²) in [7, 11) is 0. The number of amides is 3. The van der Waals surface area contributed by atoms with E-state index in [4.69, 9.17) is 11.6 Å². The van der Waals surface area contributed by atoms with Crippen LogP contribution in [0.2, 0.25) is 5.02 Å². The van der Waals surface area contributed by atoms with Crippen molar-refractivity contribution in [2.75, 3.05) is 6.54 Å². The highest BCUT2D eigenvalue weighted by molar-refractivity contribution is 6.30. The standard InChI is InChI=1S/C28H21ClN4O3/c29-20-9-6-18(7-10-20)25-23-16-32(13-12-24(23)30-31-25)26(34)19-8-11-21-22(14-19)28(36)33(27(21)35)15-17-4-2-1-3-5-17/h1-11,14H,12-13,15-16H2,(H,30,31). The van der Waals surface area contributed by atoms with Crippen molar-refractivity contribution in [2.45, 2.75) is 19.5 Å². The minimum Gasteiger partial charge on any atom is -0.334 e. The van der Waals surface area contributed by atoms with E-state index in [1.807, 2.05) is 54.6 Å². The SMILES string of the molecule is O=C(c1ccc2c(c1)C(=O)N(Cc1ccccc1)C2=O)N1CCc2[nH]nc(-c3ccc(Cl)cc3)c2C1. The fourth-order valence-corrected chi connectivity index (χ4v) is 4.96. The van der Waals surface area contributed by atoms with Crippen LogP contribution in [-0.2, 0) is 19.5 Å². The Morgan fingerprint density at radius 1 is 0.944 bits per heavy atom. The van der Waals surface area contributed by atoms with Crippen LogP contribution in [-0.4, -0.2) is 44.3 Å². The summed E-state index contributed by atoms with van der Waals surface area (Å²) in [4.78, 5) is 42.4. The molecule has 0 radical (unpaired) electrons. The molecular formula is C28H21ClN4O3. The van der Waals surface area contributed by atoms with E-state index in [0.29, 0.717) is 35.7 Å². The zero-order valence-corrected chi connectivity index (χ0v) is 20.0. The summed E-state index contributed by atoms with van der Waals surface area (Å²) in [5.41, 5.74) is 5.55. The van der Waals surface area contributed by atoms with Gasteiger partial charge in [0.15, 0.2) is 0 Å². The highest BCUT2D eigenvalue weighted by Crippen LogP contribution is 2.31. The molecule has 0 atom stereocenters. The van der Waals surface area contributed by atoms with Crippen LogP contribution in [0, 0.1) is 0 Å². The molecule has 8 heteroatoms. The summed E-state index contributed by atoms with van der Waals surface area (Å²) in [6.45, 7) is 1.12. The minimum atomic E-state index is -0.380. The summed E-state index contributed by atoms with van der Waals surface area (Å²) >= 11 is 6.03. The Kier molecular flexibility index (Phi) is 5.42. The number of carbonyl (C=O) groups excluding carboxylic acids is 3. The van der Waals surface area contributed by atoms with Crippen molar-refractivity contribution >= 4 is 29.3 Å². The number of hydrogen-bond acceptors (Lipinski definition) is 4. The Bertz CT molecular complexity index is 1510. The smallest absolute Gasteiger partial charge is 0.261 e. The normalized spacial score (nSPS) is 14.7. The summed E-state index contributed by atoms with van der Waals surface area (Å²) in [6.07, 6.45) is 0.648. The lowest BCUT2D eigenvalue weighted by Crippen LogP contribution is -2.36. The van der Waals surface area contributed by atoms with Crippen molar-refractivity contribution in [3.8, 4) is 11.3 Å². The van der Waals surface area contributed by atoms with Gasteiger partial charge in [0.2, 0.25) is 0 Å². The van der Waals surface area contributed by atoms with E-state index in [1.54, 1.807) is 23.1 Å². The molecule has 0 aliphatic carbocycles. The second-order valence-electron chi connectivity index (χ2n) is 8.96. The molecule has 0 saturated carbocycles. The molecule has 0 saturated heterocycles. The van der Waals surface area contributed by atoms with Gasteiger partial charge < -0.3 is 4.90 Å². The summed E-state index contributed by atoms with van der Waals surface area (Å²) in [5, 5.41) is 8.22. The number of aromatic amines is 1. The first-order valence-corrected chi connectivity index (χ1v) is 12.0. The molecule has 2 aliphatic heterocycles. The van der Waals surface area contributed by atoms with Gasteiger partial charge in [-0.3, -0.25) is 24.4 Å². The van der Waals surface area contributed by atoms with Crippen molar-refractivity contribution in [1.29, 1.82) is 0 Å². The third-order valence-corrected chi connectivity index (χ3v) is 6.99. The second kappa shape index (κ2) is 8.77. The quantitative estimate of drug-likeness (QED) is 0.414. The van der Waals surface area contributed by atoms with Crippen LogP contribution >= 0.6 is 11.6 Å². The molecule has 6 rings (SSSR count). The van der Waals surface area contributed by atoms with E-state index in [2.05, 4.69) is 10.2 Å². The molecule has 7 nitrogen and oxygen atoms in total.